The van der Waals surface area contributed by atoms with Gasteiger partial charge in [-0.3, -0.25) is 9.48 Å². The Morgan fingerprint density at radius 3 is 2.86 bits per heavy atom. The van der Waals surface area contributed by atoms with Crippen LogP contribution in [0.15, 0.2) is 28.9 Å². The van der Waals surface area contributed by atoms with Crippen molar-refractivity contribution in [3.8, 4) is 5.95 Å². The van der Waals surface area contributed by atoms with E-state index in [1.165, 1.54) is 7.11 Å². The van der Waals surface area contributed by atoms with Crippen molar-refractivity contribution >= 4 is 5.91 Å². The van der Waals surface area contributed by atoms with Crippen molar-refractivity contribution in [1.82, 2.24) is 15.1 Å². The number of furan rings is 1. The summed E-state index contributed by atoms with van der Waals surface area (Å²) in [5, 5.41) is 16.7. The molecule has 2 aromatic rings. The van der Waals surface area contributed by atoms with Gasteiger partial charge in [0.1, 0.15) is 0 Å². The molecule has 0 unspecified atom stereocenters. The number of amides is 1. The predicted molar refractivity (Wildman–Crippen MR) is 77.4 cm³/mol. The first-order valence-electron chi connectivity index (χ1n) is 7.18. The lowest BCUT2D eigenvalue weighted by molar-refractivity contribution is 0.0232. The lowest BCUT2D eigenvalue weighted by Crippen LogP contribution is -2.41. The average Bonchev–Trinajstić information content (AvgIpc) is 3.10. The van der Waals surface area contributed by atoms with Crippen molar-refractivity contribution in [3.05, 3.63) is 35.9 Å². The van der Waals surface area contributed by atoms with E-state index in [2.05, 4.69) is 10.4 Å². The second-order valence-electron chi connectivity index (χ2n) is 5.61. The summed E-state index contributed by atoms with van der Waals surface area (Å²) in [4.78, 5) is 12.3. The number of aromatic nitrogens is 2. The predicted octanol–water partition coefficient (Wildman–Crippen LogP) is 1.26. The van der Waals surface area contributed by atoms with E-state index in [9.17, 15) is 9.90 Å². The normalized spacial score (nSPS) is 22.0. The molecule has 22 heavy (non-hydrogen) atoms. The maximum Gasteiger partial charge on any atom is 0.287 e. The number of carbonyl (C=O) groups is 1. The van der Waals surface area contributed by atoms with Gasteiger partial charge in [0.2, 0.25) is 0 Å². The number of carbonyl (C=O) groups excluding carboxylic acids is 1. The van der Waals surface area contributed by atoms with Gasteiger partial charge in [-0.2, -0.15) is 5.10 Å². The number of aryl methyl sites for hydroxylation is 1. The first kappa shape index (κ1) is 14.6. The van der Waals surface area contributed by atoms with Gasteiger partial charge in [-0.25, -0.2) is 0 Å². The van der Waals surface area contributed by atoms with Crippen LogP contribution < -0.4 is 10.1 Å². The molecule has 0 spiro atoms. The maximum atomic E-state index is 12.3. The fraction of sp³-hybridized carbons (Fsp3) is 0.467. The molecule has 118 valence electrons. The van der Waals surface area contributed by atoms with E-state index in [1.54, 1.807) is 23.0 Å². The molecule has 7 nitrogen and oxygen atoms in total. The molecule has 2 N–H and O–H groups in total. The minimum atomic E-state index is -0.307. The number of hydrogen-bond acceptors (Lipinski definition) is 5. The SMILES string of the molecule is COc1ccc(C(=O)N[C@H](c2cnn(C)c2)C2CC(O)C2)o1. The highest BCUT2D eigenvalue weighted by atomic mass is 16.6. The van der Waals surface area contributed by atoms with Gasteiger partial charge in [-0.1, -0.05) is 0 Å². The summed E-state index contributed by atoms with van der Waals surface area (Å²) in [6.07, 6.45) is 4.66. The highest BCUT2D eigenvalue weighted by molar-refractivity contribution is 5.91. The third kappa shape index (κ3) is 2.85. The van der Waals surface area contributed by atoms with Crippen molar-refractivity contribution in [2.75, 3.05) is 7.11 Å². The quantitative estimate of drug-likeness (QED) is 0.868. The summed E-state index contributed by atoms with van der Waals surface area (Å²) in [5.74, 6) is 0.381. The second-order valence-corrected chi connectivity index (χ2v) is 5.61. The molecule has 1 aliphatic rings. The molecule has 1 aliphatic carbocycles. The molecule has 1 atom stereocenters. The number of nitrogens with one attached hydrogen (secondary N) is 1. The van der Waals surface area contributed by atoms with Crippen LogP contribution in [0.25, 0.3) is 0 Å². The molecule has 2 heterocycles. The minimum absolute atomic E-state index is 0.194. The van der Waals surface area contributed by atoms with Crippen molar-refractivity contribution in [1.29, 1.82) is 0 Å². The summed E-state index contributed by atoms with van der Waals surface area (Å²) in [6, 6.07) is 2.98. The summed E-state index contributed by atoms with van der Waals surface area (Å²) in [6.45, 7) is 0. The molecule has 3 rings (SSSR count). The van der Waals surface area contributed by atoms with E-state index >= 15 is 0 Å². The molecule has 2 aromatic heterocycles. The van der Waals surface area contributed by atoms with E-state index in [-0.39, 0.29) is 29.7 Å². The molecule has 0 radical (unpaired) electrons. The smallest absolute Gasteiger partial charge is 0.287 e. The van der Waals surface area contributed by atoms with Crippen molar-refractivity contribution in [2.24, 2.45) is 13.0 Å². The average molecular weight is 305 g/mol. The molecular weight excluding hydrogens is 286 g/mol. The Labute approximate surface area is 127 Å². The number of rotatable bonds is 5. The molecule has 1 saturated carbocycles. The zero-order valence-corrected chi connectivity index (χ0v) is 12.5. The van der Waals surface area contributed by atoms with E-state index in [1.807, 2.05) is 13.2 Å². The first-order valence-corrected chi connectivity index (χ1v) is 7.18. The lowest BCUT2D eigenvalue weighted by Gasteiger charge is -2.37. The number of nitrogens with zero attached hydrogens (tertiary/aromatic N) is 2. The van der Waals surface area contributed by atoms with E-state index in [4.69, 9.17) is 9.15 Å². The van der Waals surface area contributed by atoms with Crippen molar-refractivity contribution < 1.29 is 19.1 Å². The fourth-order valence-corrected chi connectivity index (χ4v) is 2.74. The molecule has 0 saturated heterocycles. The largest absolute Gasteiger partial charge is 0.468 e. The Morgan fingerprint density at radius 2 is 2.32 bits per heavy atom. The Bertz CT molecular complexity index is 657. The zero-order chi connectivity index (χ0) is 15.7. The van der Waals surface area contributed by atoms with Gasteiger partial charge < -0.3 is 19.6 Å². The number of aliphatic hydroxyl groups excluding tert-OH is 1. The maximum absolute atomic E-state index is 12.3. The van der Waals surface area contributed by atoms with Crippen LogP contribution in [0.5, 0.6) is 5.95 Å². The van der Waals surface area contributed by atoms with Gasteiger partial charge in [0.25, 0.3) is 11.9 Å². The van der Waals surface area contributed by atoms with Gasteiger partial charge in [0.15, 0.2) is 5.76 Å². The molecule has 0 aromatic carbocycles. The topological polar surface area (TPSA) is 89.5 Å². The zero-order valence-electron chi connectivity index (χ0n) is 12.5. The van der Waals surface area contributed by atoms with Crippen LogP contribution in [-0.2, 0) is 7.05 Å². The molecule has 1 fully saturated rings. The number of aliphatic hydroxyl groups is 1. The summed E-state index contributed by atoms with van der Waals surface area (Å²) < 4.78 is 11.9. The first-order chi connectivity index (χ1) is 10.6. The van der Waals surface area contributed by atoms with E-state index in [0.29, 0.717) is 18.8 Å². The third-order valence-electron chi connectivity index (χ3n) is 4.00. The highest BCUT2D eigenvalue weighted by Crippen LogP contribution is 2.38. The van der Waals surface area contributed by atoms with Gasteiger partial charge in [0.05, 0.1) is 25.5 Å². The molecular formula is C15H19N3O4. The van der Waals surface area contributed by atoms with Crippen molar-refractivity contribution in [3.63, 3.8) is 0 Å². The Hall–Kier alpha value is -2.28. The van der Waals surface area contributed by atoms with E-state index < -0.39 is 0 Å². The number of ether oxygens (including phenoxy) is 1. The summed E-state index contributed by atoms with van der Waals surface area (Å²) >= 11 is 0. The molecule has 0 aliphatic heterocycles. The Morgan fingerprint density at radius 1 is 1.55 bits per heavy atom. The molecule has 0 bridgehead atoms. The Kier molecular flexibility index (Phi) is 3.89. The minimum Gasteiger partial charge on any atom is -0.468 e. The number of methoxy groups -OCH3 is 1. The van der Waals surface area contributed by atoms with Gasteiger partial charge in [-0.15, -0.1) is 0 Å². The van der Waals surface area contributed by atoms with E-state index in [0.717, 1.165) is 5.56 Å². The Balaban J connectivity index is 1.76. The summed E-state index contributed by atoms with van der Waals surface area (Å²) in [7, 11) is 3.31. The van der Waals surface area contributed by atoms with Gasteiger partial charge >= 0.3 is 0 Å². The second kappa shape index (κ2) is 5.84. The van der Waals surface area contributed by atoms with Gasteiger partial charge in [-0.05, 0) is 24.8 Å². The fourth-order valence-electron chi connectivity index (χ4n) is 2.74. The number of hydrogen-bond donors (Lipinski definition) is 2. The standard InChI is InChI=1S/C15H19N3O4/c1-18-8-10(7-16-18)14(9-5-11(19)6-9)17-15(20)12-3-4-13(21-2)22-12/h3-4,7-9,11,14,19H,5-6H2,1-2H3,(H,17,20)/t9?,11?,14-/m0/s1. The van der Waals surface area contributed by atoms with Crippen molar-refractivity contribution in [2.45, 2.75) is 25.0 Å². The molecule has 7 heteroatoms. The van der Waals surface area contributed by atoms with Gasteiger partial charge in [0, 0.05) is 24.9 Å². The lowest BCUT2D eigenvalue weighted by atomic mass is 9.75. The van der Waals surface area contributed by atoms with Crippen LogP contribution in [-0.4, -0.2) is 34.0 Å². The molecule has 1 amide bonds. The van der Waals surface area contributed by atoms with Crippen LogP contribution in [0.1, 0.15) is 35.0 Å². The van der Waals surface area contributed by atoms with Crippen LogP contribution >= 0.6 is 0 Å². The monoisotopic (exact) mass is 305 g/mol. The highest BCUT2D eigenvalue weighted by Gasteiger charge is 2.36. The summed E-state index contributed by atoms with van der Waals surface area (Å²) in [5.41, 5.74) is 0.922. The third-order valence-corrected chi connectivity index (χ3v) is 4.00. The van der Waals surface area contributed by atoms with Crippen LogP contribution in [0.4, 0.5) is 0 Å². The van der Waals surface area contributed by atoms with Crippen LogP contribution in [0.3, 0.4) is 0 Å². The van der Waals surface area contributed by atoms with Crippen LogP contribution in [0, 0.1) is 5.92 Å². The van der Waals surface area contributed by atoms with Crippen LogP contribution in [0.2, 0.25) is 0 Å².